The molecule has 0 radical (unpaired) electrons. The summed E-state index contributed by atoms with van der Waals surface area (Å²) in [6.07, 6.45) is 0.943. The van der Waals surface area contributed by atoms with Gasteiger partial charge >= 0.3 is 0 Å². The van der Waals surface area contributed by atoms with E-state index in [0.717, 1.165) is 25.5 Å². The van der Waals surface area contributed by atoms with Gasteiger partial charge in [0.05, 0.1) is 13.1 Å². The van der Waals surface area contributed by atoms with E-state index < -0.39 is 0 Å². The van der Waals surface area contributed by atoms with Crippen molar-refractivity contribution in [2.75, 3.05) is 19.6 Å². The highest BCUT2D eigenvalue weighted by molar-refractivity contribution is 5.87. The number of hydrogen-bond acceptors (Lipinski definition) is 4. The van der Waals surface area contributed by atoms with Crippen molar-refractivity contribution < 1.29 is 4.79 Å². The van der Waals surface area contributed by atoms with Gasteiger partial charge in [0.15, 0.2) is 5.96 Å². The van der Waals surface area contributed by atoms with E-state index in [2.05, 4.69) is 40.7 Å². The molecule has 20 heavy (non-hydrogen) atoms. The Hall–Kier alpha value is -2.04. The van der Waals surface area contributed by atoms with Crippen LogP contribution in [0.3, 0.4) is 0 Å². The predicted octanol–water partition coefficient (Wildman–Crippen LogP) is 0.509. The maximum absolute atomic E-state index is 12.2. The number of guanidine groups is 1. The minimum absolute atomic E-state index is 0.128. The summed E-state index contributed by atoms with van der Waals surface area (Å²) in [5, 5.41) is 6.28. The topological polar surface area (TPSA) is 56.7 Å². The second-order valence-electron chi connectivity index (χ2n) is 5.42. The van der Waals surface area contributed by atoms with Crippen LogP contribution in [0.4, 0.5) is 0 Å². The van der Waals surface area contributed by atoms with E-state index in [1.807, 2.05) is 11.0 Å². The Bertz CT molecular complexity index is 540. The van der Waals surface area contributed by atoms with Crippen molar-refractivity contribution in [3.63, 3.8) is 0 Å². The van der Waals surface area contributed by atoms with Gasteiger partial charge in [0.1, 0.15) is 0 Å². The van der Waals surface area contributed by atoms with E-state index in [1.54, 1.807) is 0 Å². The zero-order valence-electron chi connectivity index (χ0n) is 11.7. The molecule has 0 aromatic heterocycles. The van der Waals surface area contributed by atoms with Crippen molar-refractivity contribution >= 4 is 11.9 Å². The van der Waals surface area contributed by atoms with Crippen LogP contribution in [0.5, 0.6) is 0 Å². The molecule has 1 amide bonds. The van der Waals surface area contributed by atoms with Gasteiger partial charge in [-0.05, 0) is 24.5 Å². The van der Waals surface area contributed by atoms with Gasteiger partial charge < -0.3 is 15.5 Å². The van der Waals surface area contributed by atoms with Crippen molar-refractivity contribution in [1.82, 2.24) is 15.5 Å². The fourth-order valence-corrected chi connectivity index (χ4v) is 2.64. The number of rotatable bonds is 2. The molecule has 0 fully saturated rings. The minimum Gasteiger partial charge on any atom is -0.352 e. The Balaban J connectivity index is 1.54. The first-order valence-corrected chi connectivity index (χ1v) is 7.12. The number of nitrogens with one attached hydrogen (secondary N) is 2. The van der Waals surface area contributed by atoms with Gasteiger partial charge in [-0.15, -0.1) is 0 Å². The number of fused-ring (bicyclic) bond motifs is 1. The predicted molar refractivity (Wildman–Crippen MR) is 78.5 cm³/mol. The Kier molecular flexibility index (Phi) is 3.58. The molecule has 0 saturated heterocycles. The molecule has 0 saturated carbocycles. The summed E-state index contributed by atoms with van der Waals surface area (Å²) in [4.78, 5) is 18.4. The lowest BCUT2D eigenvalue weighted by Crippen LogP contribution is -2.45. The number of hydrogen-bond donors (Lipinski definition) is 2. The van der Waals surface area contributed by atoms with E-state index >= 15 is 0 Å². The molecule has 2 N–H and O–H groups in total. The van der Waals surface area contributed by atoms with Crippen LogP contribution in [0.1, 0.15) is 18.1 Å². The number of carbonyl (C=O) groups excluding carboxylic acids is 1. The largest absolute Gasteiger partial charge is 0.352 e. The third-order valence-electron chi connectivity index (χ3n) is 3.80. The first kappa shape index (κ1) is 13.0. The Morgan fingerprint density at radius 1 is 1.45 bits per heavy atom. The van der Waals surface area contributed by atoms with Gasteiger partial charge in [-0.2, -0.15) is 0 Å². The quantitative estimate of drug-likeness (QED) is 0.825. The fraction of sp³-hybridized carbons (Fsp3) is 0.467. The lowest BCUT2D eigenvalue weighted by molar-refractivity contribution is -0.130. The molecule has 2 aliphatic heterocycles. The average molecular weight is 272 g/mol. The first-order chi connectivity index (χ1) is 9.72. The highest BCUT2D eigenvalue weighted by atomic mass is 16.2. The van der Waals surface area contributed by atoms with Crippen LogP contribution in [-0.4, -0.2) is 42.4 Å². The standard InChI is InChI=1S/C15H20N4O/c1-11-8-16-15(18-11)17-9-14(20)19-7-6-12-4-2-3-5-13(12)10-19/h2-5,11H,6-10H2,1H3,(H2,16,17,18). The highest BCUT2D eigenvalue weighted by Crippen LogP contribution is 2.18. The number of carbonyl (C=O) groups is 1. The number of aliphatic imine (C=N–C) groups is 1. The van der Waals surface area contributed by atoms with Gasteiger partial charge in [0.2, 0.25) is 5.91 Å². The van der Waals surface area contributed by atoms with Crippen molar-refractivity contribution in [2.24, 2.45) is 4.99 Å². The van der Waals surface area contributed by atoms with Crippen molar-refractivity contribution in [3.8, 4) is 0 Å². The Labute approximate surface area is 119 Å². The monoisotopic (exact) mass is 272 g/mol. The third kappa shape index (κ3) is 2.76. The molecule has 1 atom stereocenters. The third-order valence-corrected chi connectivity index (χ3v) is 3.80. The molecule has 0 bridgehead atoms. The summed E-state index contributed by atoms with van der Waals surface area (Å²) in [6.45, 7) is 4.66. The summed E-state index contributed by atoms with van der Waals surface area (Å²) in [7, 11) is 0. The van der Waals surface area contributed by atoms with E-state index in [0.29, 0.717) is 19.1 Å². The van der Waals surface area contributed by atoms with E-state index in [1.165, 1.54) is 11.1 Å². The molecule has 2 heterocycles. The molecule has 1 aromatic rings. The zero-order valence-corrected chi connectivity index (χ0v) is 11.7. The molecule has 0 spiro atoms. The molecule has 1 aromatic carbocycles. The second-order valence-corrected chi connectivity index (χ2v) is 5.42. The van der Waals surface area contributed by atoms with E-state index in [4.69, 9.17) is 0 Å². The van der Waals surface area contributed by atoms with Gasteiger partial charge in [-0.25, -0.2) is 0 Å². The molecule has 3 rings (SSSR count). The normalized spacial score (nSPS) is 20.9. The molecule has 0 aliphatic carbocycles. The van der Waals surface area contributed by atoms with Crippen molar-refractivity contribution in [3.05, 3.63) is 35.4 Å². The molecule has 5 nitrogen and oxygen atoms in total. The van der Waals surface area contributed by atoms with Crippen LogP contribution in [-0.2, 0) is 17.8 Å². The number of nitrogens with zero attached hydrogens (tertiary/aromatic N) is 2. The fourth-order valence-electron chi connectivity index (χ4n) is 2.64. The summed E-state index contributed by atoms with van der Waals surface area (Å²) in [5.74, 6) is 0.867. The van der Waals surface area contributed by atoms with Crippen LogP contribution >= 0.6 is 0 Å². The molecular formula is C15H20N4O. The smallest absolute Gasteiger partial charge is 0.242 e. The summed E-state index contributed by atoms with van der Waals surface area (Å²) < 4.78 is 0. The lowest BCUT2D eigenvalue weighted by Gasteiger charge is -2.29. The van der Waals surface area contributed by atoms with Crippen LogP contribution in [0.25, 0.3) is 0 Å². The Morgan fingerprint density at radius 3 is 3.00 bits per heavy atom. The van der Waals surface area contributed by atoms with Crippen molar-refractivity contribution in [1.29, 1.82) is 0 Å². The first-order valence-electron chi connectivity index (χ1n) is 7.12. The number of amides is 1. The molecule has 5 heteroatoms. The molecule has 2 aliphatic rings. The summed E-state index contributed by atoms with van der Waals surface area (Å²) >= 11 is 0. The van der Waals surface area contributed by atoms with Crippen LogP contribution in [0, 0.1) is 0 Å². The highest BCUT2D eigenvalue weighted by Gasteiger charge is 2.21. The maximum atomic E-state index is 12.2. The van der Waals surface area contributed by atoms with Gasteiger partial charge in [-0.1, -0.05) is 24.3 Å². The summed E-state index contributed by atoms with van der Waals surface area (Å²) in [6, 6.07) is 8.70. The van der Waals surface area contributed by atoms with Gasteiger partial charge in [0, 0.05) is 19.1 Å². The molecular weight excluding hydrogens is 252 g/mol. The second kappa shape index (κ2) is 5.53. The van der Waals surface area contributed by atoms with Crippen LogP contribution in [0.2, 0.25) is 0 Å². The van der Waals surface area contributed by atoms with Crippen molar-refractivity contribution in [2.45, 2.75) is 25.9 Å². The van der Waals surface area contributed by atoms with E-state index in [9.17, 15) is 4.79 Å². The Morgan fingerprint density at radius 2 is 2.25 bits per heavy atom. The average Bonchev–Trinajstić information content (AvgIpc) is 2.90. The lowest BCUT2D eigenvalue weighted by atomic mass is 10.00. The SMILES string of the molecule is CC1CN=C(NCC(=O)N2CCc3ccccc3C2)N1. The summed E-state index contributed by atoms with van der Waals surface area (Å²) in [5.41, 5.74) is 2.62. The zero-order chi connectivity index (χ0) is 13.9. The number of benzene rings is 1. The van der Waals surface area contributed by atoms with Gasteiger partial charge in [-0.3, -0.25) is 9.79 Å². The van der Waals surface area contributed by atoms with Gasteiger partial charge in [0.25, 0.3) is 0 Å². The van der Waals surface area contributed by atoms with Crippen LogP contribution < -0.4 is 10.6 Å². The van der Waals surface area contributed by atoms with Crippen LogP contribution in [0.15, 0.2) is 29.3 Å². The molecule has 1 unspecified atom stereocenters. The molecule has 106 valence electrons. The minimum atomic E-state index is 0.128. The maximum Gasteiger partial charge on any atom is 0.242 e. The van der Waals surface area contributed by atoms with E-state index in [-0.39, 0.29) is 5.91 Å².